The number of benzene rings is 3. The van der Waals surface area contributed by atoms with Gasteiger partial charge in [-0.05, 0) is 34.4 Å². The average molecular weight is 254 g/mol. The maximum Gasteiger partial charge on any atom is 0.369 e. The van der Waals surface area contributed by atoms with E-state index in [1.165, 1.54) is 5.39 Å². The largest absolute Gasteiger partial charge is 0.418 e. The lowest BCUT2D eigenvalue weighted by Gasteiger charge is -2.07. The molecule has 0 saturated heterocycles. The Bertz CT molecular complexity index is 750. The van der Waals surface area contributed by atoms with E-state index in [-0.39, 0.29) is 0 Å². The zero-order chi connectivity index (χ0) is 12.5. The van der Waals surface area contributed by atoms with E-state index >= 15 is 0 Å². The normalized spacial score (nSPS) is 10.7. The van der Waals surface area contributed by atoms with Crippen molar-refractivity contribution in [2.24, 2.45) is 0 Å². The van der Waals surface area contributed by atoms with Crippen LogP contribution in [0.5, 0.6) is 5.75 Å². The van der Waals surface area contributed by atoms with Crippen molar-refractivity contribution in [3.05, 3.63) is 54.6 Å². The van der Waals surface area contributed by atoms with E-state index in [1.54, 1.807) is 6.07 Å². The van der Waals surface area contributed by atoms with E-state index in [0.717, 1.165) is 16.2 Å². The Hall–Kier alpha value is -2.00. The van der Waals surface area contributed by atoms with Crippen molar-refractivity contribution >= 4 is 39.5 Å². The van der Waals surface area contributed by atoms with E-state index in [1.807, 2.05) is 36.4 Å². The highest BCUT2D eigenvalue weighted by Gasteiger charge is 2.06. The van der Waals surface area contributed by atoms with E-state index in [9.17, 15) is 4.79 Å². The summed E-state index contributed by atoms with van der Waals surface area (Å²) in [6.45, 7) is 0. The molecule has 0 spiro atoms. The Morgan fingerprint density at radius 3 is 2.28 bits per heavy atom. The highest BCUT2D eigenvalue weighted by atomic mass is 32.1. The molecule has 0 aliphatic rings. The van der Waals surface area contributed by atoms with Gasteiger partial charge in [0.25, 0.3) is 0 Å². The topological polar surface area (TPSA) is 26.3 Å². The molecule has 3 rings (SSSR count). The molecular formula is C15H10O2S. The van der Waals surface area contributed by atoms with Crippen molar-refractivity contribution in [1.29, 1.82) is 0 Å². The molecule has 0 amide bonds. The van der Waals surface area contributed by atoms with Gasteiger partial charge >= 0.3 is 5.30 Å². The van der Waals surface area contributed by atoms with Crippen molar-refractivity contribution < 1.29 is 9.53 Å². The average Bonchev–Trinajstić information content (AvgIpc) is 2.36. The molecular weight excluding hydrogens is 244 g/mol. The van der Waals surface area contributed by atoms with E-state index in [0.29, 0.717) is 5.75 Å². The van der Waals surface area contributed by atoms with Crippen LogP contribution in [0.4, 0.5) is 4.79 Å². The van der Waals surface area contributed by atoms with Crippen molar-refractivity contribution in [2.75, 3.05) is 0 Å². The number of carbonyl (C=O) groups excluding carboxylic acids is 1. The lowest BCUT2D eigenvalue weighted by molar-refractivity contribution is 0.228. The third-order valence-corrected chi connectivity index (χ3v) is 3.00. The highest BCUT2D eigenvalue weighted by Crippen LogP contribution is 2.30. The van der Waals surface area contributed by atoms with Gasteiger partial charge in [-0.25, -0.2) is 4.79 Å². The summed E-state index contributed by atoms with van der Waals surface area (Å²) in [6, 6.07) is 17.8. The number of ether oxygens (including phenoxy) is 1. The fourth-order valence-electron chi connectivity index (χ4n) is 2.12. The molecule has 0 fully saturated rings. The smallest absolute Gasteiger partial charge is 0.369 e. The Kier molecular flexibility index (Phi) is 2.68. The number of hydrogen-bond acceptors (Lipinski definition) is 2. The van der Waals surface area contributed by atoms with Gasteiger partial charge in [-0.2, -0.15) is 0 Å². The lowest BCUT2D eigenvalue weighted by atomic mass is 10.0. The summed E-state index contributed by atoms with van der Waals surface area (Å²) in [7, 11) is 0. The highest BCUT2D eigenvalue weighted by molar-refractivity contribution is 7.96. The van der Waals surface area contributed by atoms with Gasteiger partial charge in [0, 0.05) is 5.39 Å². The van der Waals surface area contributed by atoms with E-state index in [4.69, 9.17) is 4.74 Å². The standard InChI is InChI=1S/C15H10O2S/c16-15(18)17-14-7-3-6-12-8-10-4-1-2-5-11(10)9-13(12)14/h1-9H,(H,16,18). The molecule has 18 heavy (non-hydrogen) atoms. The minimum absolute atomic E-state index is 0.540. The lowest BCUT2D eigenvalue weighted by Crippen LogP contribution is -1.96. The van der Waals surface area contributed by atoms with E-state index < -0.39 is 5.30 Å². The number of thiol groups is 1. The zero-order valence-corrected chi connectivity index (χ0v) is 10.4. The molecule has 0 radical (unpaired) electrons. The van der Waals surface area contributed by atoms with Crippen LogP contribution < -0.4 is 4.74 Å². The van der Waals surface area contributed by atoms with Crippen molar-refractivity contribution in [1.82, 2.24) is 0 Å². The third-order valence-electron chi connectivity index (χ3n) is 2.90. The molecule has 0 atom stereocenters. The molecule has 3 aromatic rings. The first-order valence-electron chi connectivity index (χ1n) is 5.56. The van der Waals surface area contributed by atoms with Crippen LogP contribution in [-0.4, -0.2) is 5.30 Å². The van der Waals surface area contributed by atoms with Gasteiger partial charge < -0.3 is 4.74 Å². The van der Waals surface area contributed by atoms with Gasteiger partial charge in [0.1, 0.15) is 5.75 Å². The van der Waals surface area contributed by atoms with Crippen LogP contribution in [0.3, 0.4) is 0 Å². The predicted molar refractivity (Wildman–Crippen MR) is 76.5 cm³/mol. The van der Waals surface area contributed by atoms with Crippen LogP contribution in [0.15, 0.2) is 54.6 Å². The van der Waals surface area contributed by atoms with Crippen LogP contribution in [0, 0.1) is 0 Å². The molecule has 0 aliphatic heterocycles. The molecule has 0 bridgehead atoms. The van der Waals surface area contributed by atoms with Gasteiger partial charge in [0.2, 0.25) is 0 Å². The van der Waals surface area contributed by atoms with Crippen LogP contribution >= 0.6 is 12.6 Å². The third kappa shape index (κ3) is 1.93. The maximum atomic E-state index is 11.0. The summed E-state index contributed by atoms with van der Waals surface area (Å²) >= 11 is 3.65. The SMILES string of the molecule is O=C(S)Oc1cccc2cc3ccccc3cc12. The number of fused-ring (bicyclic) bond motifs is 2. The molecule has 88 valence electrons. The second-order valence-corrected chi connectivity index (χ2v) is 4.41. The summed E-state index contributed by atoms with van der Waals surface area (Å²) in [5.74, 6) is 0.540. The molecule has 3 heteroatoms. The number of hydrogen-bond donors (Lipinski definition) is 1. The Morgan fingerprint density at radius 1 is 0.889 bits per heavy atom. The van der Waals surface area contributed by atoms with Crippen LogP contribution in [0.25, 0.3) is 21.5 Å². The predicted octanol–water partition coefficient (Wildman–Crippen LogP) is 4.42. The molecule has 0 aromatic heterocycles. The zero-order valence-electron chi connectivity index (χ0n) is 9.46. The first-order valence-corrected chi connectivity index (χ1v) is 6.01. The van der Waals surface area contributed by atoms with Gasteiger partial charge in [0.05, 0.1) is 0 Å². The molecule has 0 heterocycles. The molecule has 3 aromatic carbocycles. The van der Waals surface area contributed by atoms with Crippen molar-refractivity contribution in [3.8, 4) is 5.75 Å². The minimum Gasteiger partial charge on any atom is -0.418 e. The first-order chi connectivity index (χ1) is 8.74. The van der Waals surface area contributed by atoms with Crippen LogP contribution in [-0.2, 0) is 0 Å². The number of rotatable bonds is 1. The maximum absolute atomic E-state index is 11.0. The monoisotopic (exact) mass is 254 g/mol. The summed E-state index contributed by atoms with van der Waals surface area (Å²) in [5, 5.41) is 3.64. The van der Waals surface area contributed by atoms with Gasteiger partial charge in [-0.1, -0.05) is 49.0 Å². The van der Waals surface area contributed by atoms with E-state index in [2.05, 4.69) is 24.8 Å². The molecule has 0 saturated carbocycles. The summed E-state index contributed by atoms with van der Waals surface area (Å²) in [6.07, 6.45) is 0. The molecule has 0 aliphatic carbocycles. The second-order valence-electron chi connectivity index (χ2n) is 4.04. The van der Waals surface area contributed by atoms with Crippen LogP contribution in [0.2, 0.25) is 0 Å². The minimum atomic E-state index is -0.601. The first kappa shape index (κ1) is 11.1. The summed E-state index contributed by atoms with van der Waals surface area (Å²) in [5.41, 5.74) is 0. The molecule has 2 nitrogen and oxygen atoms in total. The Balaban J connectivity index is 2.32. The molecule has 0 N–H and O–H groups in total. The van der Waals surface area contributed by atoms with Crippen LogP contribution in [0.1, 0.15) is 0 Å². The van der Waals surface area contributed by atoms with Crippen molar-refractivity contribution in [3.63, 3.8) is 0 Å². The summed E-state index contributed by atoms with van der Waals surface area (Å²) < 4.78 is 5.10. The fraction of sp³-hybridized carbons (Fsp3) is 0. The quantitative estimate of drug-likeness (QED) is 0.395. The Labute approximate surface area is 110 Å². The van der Waals surface area contributed by atoms with Gasteiger partial charge in [-0.15, -0.1) is 0 Å². The van der Waals surface area contributed by atoms with Crippen molar-refractivity contribution in [2.45, 2.75) is 0 Å². The van der Waals surface area contributed by atoms with Gasteiger partial charge in [-0.3, -0.25) is 0 Å². The van der Waals surface area contributed by atoms with Gasteiger partial charge in [0.15, 0.2) is 0 Å². The Morgan fingerprint density at radius 2 is 1.56 bits per heavy atom. The second kappa shape index (κ2) is 4.35. The number of carbonyl (C=O) groups is 1. The summed E-state index contributed by atoms with van der Waals surface area (Å²) in [4.78, 5) is 11.0. The molecule has 0 unspecified atom stereocenters. The fourth-order valence-corrected chi connectivity index (χ4v) is 2.22.